The normalized spacial score (nSPS) is 17.5. The van der Waals surface area contributed by atoms with E-state index in [1.54, 1.807) is 19.1 Å². The summed E-state index contributed by atoms with van der Waals surface area (Å²) in [6.45, 7) is 9.10. The summed E-state index contributed by atoms with van der Waals surface area (Å²) in [6, 6.07) is 12.3. The van der Waals surface area contributed by atoms with Gasteiger partial charge < -0.3 is 18.9 Å². The molecule has 200 valence electrons. The minimum absolute atomic E-state index is 0.216. The number of carbonyl (C=O) groups is 1. The quantitative estimate of drug-likeness (QED) is 0.121. The van der Waals surface area contributed by atoms with E-state index in [1.165, 1.54) is 17.7 Å². The van der Waals surface area contributed by atoms with E-state index in [4.69, 9.17) is 18.9 Å². The molecule has 0 saturated heterocycles. The number of hydrogen-bond acceptors (Lipinski definition) is 5. The van der Waals surface area contributed by atoms with Crippen molar-refractivity contribution in [3.8, 4) is 11.5 Å². The minimum atomic E-state index is -0.403. The summed E-state index contributed by atoms with van der Waals surface area (Å²) < 4.78 is 35.9. The van der Waals surface area contributed by atoms with Crippen LogP contribution in [-0.2, 0) is 27.3 Å². The van der Waals surface area contributed by atoms with Crippen LogP contribution < -0.4 is 9.47 Å². The first-order valence-electron chi connectivity index (χ1n) is 13.2. The van der Waals surface area contributed by atoms with Gasteiger partial charge in [0.15, 0.2) is 0 Å². The minimum Gasteiger partial charge on any atom is -0.489 e. The lowest BCUT2D eigenvalue weighted by atomic mass is 9.88. The van der Waals surface area contributed by atoms with Gasteiger partial charge in [0.1, 0.15) is 29.5 Å². The molecule has 2 aromatic rings. The Morgan fingerprint density at radius 3 is 2.54 bits per heavy atom. The molecule has 5 nitrogen and oxygen atoms in total. The lowest BCUT2D eigenvalue weighted by Crippen LogP contribution is -2.36. The second-order valence-corrected chi connectivity index (χ2v) is 9.59. The fraction of sp³-hybridized carbons (Fsp3) is 0.452. The molecule has 3 rings (SSSR count). The van der Waals surface area contributed by atoms with Crippen LogP contribution in [0, 0.1) is 5.82 Å². The van der Waals surface area contributed by atoms with Crippen LogP contribution in [0.2, 0.25) is 0 Å². The SMILES string of the molecule is CCOC(=O)/C(=C/CC/C(C)=C/CCC1(C)CCc2cc(OCc3ccc(F)cc3)ccc2O1)OCC. The van der Waals surface area contributed by atoms with Gasteiger partial charge in [-0.3, -0.25) is 0 Å². The summed E-state index contributed by atoms with van der Waals surface area (Å²) in [6.07, 6.45) is 9.38. The lowest BCUT2D eigenvalue weighted by Gasteiger charge is -2.36. The molecular weight excluding hydrogens is 471 g/mol. The molecule has 0 aromatic heterocycles. The van der Waals surface area contributed by atoms with Crippen LogP contribution >= 0.6 is 0 Å². The number of ether oxygens (including phenoxy) is 4. The highest BCUT2D eigenvalue weighted by molar-refractivity contribution is 5.86. The second kappa shape index (κ2) is 13.9. The molecule has 0 amide bonds. The Kier molecular flexibility index (Phi) is 10.6. The average molecular weight is 511 g/mol. The molecule has 37 heavy (non-hydrogen) atoms. The Bertz CT molecular complexity index is 1090. The molecule has 1 unspecified atom stereocenters. The van der Waals surface area contributed by atoms with Crippen molar-refractivity contribution in [1.82, 2.24) is 0 Å². The van der Waals surface area contributed by atoms with Gasteiger partial charge in [0.25, 0.3) is 0 Å². The van der Waals surface area contributed by atoms with Crippen molar-refractivity contribution in [2.75, 3.05) is 13.2 Å². The van der Waals surface area contributed by atoms with Gasteiger partial charge in [-0.15, -0.1) is 0 Å². The number of esters is 1. The van der Waals surface area contributed by atoms with E-state index >= 15 is 0 Å². The predicted octanol–water partition coefficient (Wildman–Crippen LogP) is 7.48. The van der Waals surface area contributed by atoms with E-state index in [9.17, 15) is 9.18 Å². The van der Waals surface area contributed by atoms with Crippen molar-refractivity contribution in [1.29, 1.82) is 0 Å². The molecule has 0 spiro atoms. The number of benzene rings is 2. The molecule has 0 fully saturated rings. The molecule has 0 radical (unpaired) electrons. The topological polar surface area (TPSA) is 54.0 Å². The third-order valence-corrected chi connectivity index (χ3v) is 6.44. The largest absolute Gasteiger partial charge is 0.489 e. The zero-order valence-corrected chi connectivity index (χ0v) is 22.5. The Labute approximate surface area is 220 Å². The fourth-order valence-electron chi connectivity index (χ4n) is 4.30. The summed E-state index contributed by atoms with van der Waals surface area (Å²) in [5, 5.41) is 0. The smallest absolute Gasteiger partial charge is 0.373 e. The van der Waals surface area contributed by atoms with Crippen LogP contribution in [0.5, 0.6) is 11.5 Å². The summed E-state index contributed by atoms with van der Waals surface area (Å²) in [5.74, 6) is 1.35. The fourth-order valence-corrected chi connectivity index (χ4v) is 4.30. The maximum Gasteiger partial charge on any atom is 0.373 e. The highest BCUT2D eigenvalue weighted by Crippen LogP contribution is 2.37. The molecular formula is C31H39FO5. The number of hydrogen-bond donors (Lipinski definition) is 0. The molecule has 0 aliphatic carbocycles. The van der Waals surface area contributed by atoms with E-state index in [0.29, 0.717) is 25.6 Å². The molecule has 1 heterocycles. The lowest BCUT2D eigenvalue weighted by molar-refractivity contribution is -0.142. The number of aryl methyl sites for hydroxylation is 1. The Balaban J connectivity index is 1.47. The maximum absolute atomic E-state index is 13.1. The van der Waals surface area contributed by atoms with Gasteiger partial charge in [0.2, 0.25) is 5.76 Å². The van der Waals surface area contributed by atoms with Gasteiger partial charge in [0, 0.05) is 0 Å². The van der Waals surface area contributed by atoms with Crippen molar-refractivity contribution < 1.29 is 28.1 Å². The second-order valence-electron chi connectivity index (χ2n) is 9.59. The van der Waals surface area contributed by atoms with E-state index in [0.717, 1.165) is 61.2 Å². The Morgan fingerprint density at radius 2 is 1.81 bits per heavy atom. The Morgan fingerprint density at radius 1 is 1.05 bits per heavy atom. The van der Waals surface area contributed by atoms with Crippen LogP contribution in [0.4, 0.5) is 4.39 Å². The molecule has 6 heteroatoms. The zero-order valence-electron chi connectivity index (χ0n) is 22.5. The average Bonchev–Trinajstić information content (AvgIpc) is 2.88. The molecule has 0 saturated carbocycles. The van der Waals surface area contributed by atoms with Crippen molar-refractivity contribution in [2.45, 2.75) is 78.4 Å². The first-order chi connectivity index (χ1) is 17.8. The van der Waals surface area contributed by atoms with E-state index in [1.807, 2.05) is 31.2 Å². The van der Waals surface area contributed by atoms with Crippen molar-refractivity contribution in [2.24, 2.45) is 0 Å². The van der Waals surface area contributed by atoms with E-state index in [-0.39, 0.29) is 11.4 Å². The first kappa shape index (κ1) is 28.3. The van der Waals surface area contributed by atoms with Gasteiger partial charge >= 0.3 is 5.97 Å². The van der Waals surface area contributed by atoms with Gasteiger partial charge in [-0.05, 0) is 114 Å². The van der Waals surface area contributed by atoms with Crippen LogP contribution in [-0.4, -0.2) is 24.8 Å². The van der Waals surface area contributed by atoms with Crippen LogP contribution in [0.3, 0.4) is 0 Å². The van der Waals surface area contributed by atoms with Crippen LogP contribution in [0.25, 0.3) is 0 Å². The summed E-state index contributed by atoms with van der Waals surface area (Å²) >= 11 is 0. The summed E-state index contributed by atoms with van der Waals surface area (Å²) in [4.78, 5) is 11.9. The first-order valence-corrected chi connectivity index (χ1v) is 13.2. The van der Waals surface area contributed by atoms with Gasteiger partial charge in [-0.2, -0.15) is 0 Å². The standard InChI is InChI=1S/C31H39FO5/c1-5-34-29(30(33)35-6-2)11-7-9-23(3)10-8-19-31(4)20-18-25-21-27(16-17-28(25)37-31)36-22-24-12-14-26(32)15-13-24/h10-17,21H,5-9,18-20,22H2,1-4H3/b23-10+,29-11-. The highest BCUT2D eigenvalue weighted by atomic mass is 19.1. The summed E-state index contributed by atoms with van der Waals surface area (Å²) in [5.41, 5.74) is 3.14. The van der Waals surface area contributed by atoms with Crippen molar-refractivity contribution in [3.05, 3.63) is 82.9 Å². The van der Waals surface area contributed by atoms with Crippen LogP contribution in [0.15, 0.2) is 65.9 Å². The number of allylic oxidation sites excluding steroid dienone is 3. The van der Waals surface area contributed by atoms with E-state index < -0.39 is 5.97 Å². The molecule has 1 aliphatic heterocycles. The summed E-state index contributed by atoms with van der Waals surface area (Å²) in [7, 11) is 0. The molecule has 1 aliphatic rings. The highest BCUT2D eigenvalue weighted by Gasteiger charge is 2.31. The Hall–Kier alpha value is -3.28. The molecule has 0 N–H and O–H groups in total. The third-order valence-electron chi connectivity index (χ3n) is 6.44. The number of carbonyl (C=O) groups excluding carboxylic acids is 1. The van der Waals surface area contributed by atoms with Crippen LogP contribution in [0.1, 0.15) is 70.9 Å². The number of rotatable bonds is 13. The molecule has 0 bridgehead atoms. The molecule has 1 atom stereocenters. The number of halogens is 1. The van der Waals surface area contributed by atoms with Gasteiger partial charge in [-0.1, -0.05) is 23.8 Å². The van der Waals surface area contributed by atoms with Crippen molar-refractivity contribution in [3.63, 3.8) is 0 Å². The van der Waals surface area contributed by atoms with E-state index in [2.05, 4.69) is 19.9 Å². The maximum atomic E-state index is 13.1. The monoisotopic (exact) mass is 510 g/mol. The third kappa shape index (κ3) is 8.96. The van der Waals surface area contributed by atoms with Gasteiger partial charge in [-0.25, -0.2) is 9.18 Å². The predicted molar refractivity (Wildman–Crippen MR) is 143 cm³/mol. The van der Waals surface area contributed by atoms with Gasteiger partial charge in [0.05, 0.1) is 13.2 Å². The van der Waals surface area contributed by atoms with Crippen molar-refractivity contribution >= 4 is 5.97 Å². The number of fused-ring (bicyclic) bond motifs is 1. The zero-order chi connectivity index (χ0) is 26.7. The molecule has 2 aromatic carbocycles.